The van der Waals surface area contributed by atoms with Crippen LogP contribution in [0.25, 0.3) is 0 Å². The molecule has 0 spiro atoms. The predicted octanol–water partition coefficient (Wildman–Crippen LogP) is 3.70. The van der Waals surface area contributed by atoms with Gasteiger partial charge in [0, 0.05) is 11.6 Å². The third-order valence-corrected chi connectivity index (χ3v) is 3.02. The van der Waals surface area contributed by atoms with E-state index < -0.39 is 10.9 Å². The summed E-state index contributed by atoms with van der Waals surface area (Å²) < 4.78 is 0. The highest BCUT2D eigenvalue weighted by Gasteiger charge is 2.22. The van der Waals surface area contributed by atoms with E-state index in [1.54, 1.807) is 30.3 Å². The molecule has 0 saturated carbocycles. The zero-order valence-corrected chi connectivity index (χ0v) is 12.0. The Labute approximate surface area is 127 Å². The van der Waals surface area contributed by atoms with Crippen molar-refractivity contribution in [3.63, 3.8) is 0 Å². The van der Waals surface area contributed by atoms with Crippen LogP contribution in [-0.2, 0) is 11.3 Å². The number of nitro groups is 1. The summed E-state index contributed by atoms with van der Waals surface area (Å²) in [7, 11) is 0. The van der Waals surface area contributed by atoms with Crippen LogP contribution in [0.15, 0.2) is 48.5 Å². The minimum atomic E-state index is -0.754. The van der Waals surface area contributed by atoms with Gasteiger partial charge >= 0.3 is 5.97 Å². The molecule has 2 aromatic rings. The van der Waals surface area contributed by atoms with Gasteiger partial charge in [-0.1, -0.05) is 37.6 Å². The minimum absolute atomic E-state index is 0.0870. The second-order valence-electron chi connectivity index (χ2n) is 4.58. The molecule has 6 heteroatoms. The normalized spacial score (nSPS) is 10.0. The lowest BCUT2D eigenvalue weighted by atomic mass is 10.0. The number of carbonyl (C=O) groups excluding carboxylic acids is 1. The van der Waals surface area contributed by atoms with Gasteiger partial charge in [-0.3, -0.25) is 15.0 Å². The second kappa shape index (κ2) is 7.21. The van der Waals surface area contributed by atoms with Crippen LogP contribution < -0.4 is 4.89 Å². The maximum Gasteiger partial charge on any atom is 0.386 e. The average Bonchev–Trinajstić information content (AvgIpc) is 2.54. The number of rotatable bonds is 6. The molecule has 0 atom stereocenters. The van der Waals surface area contributed by atoms with Crippen molar-refractivity contribution in [2.24, 2.45) is 0 Å². The highest BCUT2D eigenvalue weighted by atomic mass is 17.2. The Kier molecular flexibility index (Phi) is 5.08. The fraction of sp³-hybridized carbons (Fsp3) is 0.188. The van der Waals surface area contributed by atoms with Crippen LogP contribution in [0.4, 0.5) is 5.69 Å². The Hall–Kier alpha value is -2.89. The van der Waals surface area contributed by atoms with Crippen LogP contribution in [0.2, 0.25) is 0 Å². The first-order valence-electron chi connectivity index (χ1n) is 6.83. The smallest absolute Gasteiger partial charge is 0.287 e. The molecular formula is C16H15NO5. The predicted molar refractivity (Wildman–Crippen MR) is 79.6 cm³/mol. The Morgan fingerprint density at radius 2 is 1.86 bits per heavy atom. The quantitative estimate of drug-likeness (QED) is 0.462. The van der Waals surface area contributed by atoms with E-state index >= 15 is 0 Å². The summed E-state index contributed by atoms with van der Waals surface area (Å²) in [5.41, 5.74) is 0.416. The largest absolute Gasteiger partial charge is 0.386 e. The molecule has 0 aliphatic carbocycles. The van der Waals surface area contributed by atoms with Crippen molar-refractivity contribution in [1.29, 1.82) is 0 Å². The van der Waals surface area contributed by atoms with Gasteiger partial charge in [0.2, 0.25) is 0 Å². The van der Waals surface area contributed by atoms with E-state index in [9.17, 15) is 14.9 Å². The molecular weight excluding hydrogens is 286 g/mol. The lowest BCUT2D eigenvalue weighted by molar-refractivity contribution is -0.385. The minimum Gasteiger partial charge on any atom is -0.287 e. The van der Waals surface area contributed by atoms with E-state index in [-0.39, 0.29) is 11.3 Å². The van der Waals surface area contributed by atoms with E-state index in [4.69, 9.17) is 9.78 Å². The average molecular weight is 301 g/mol. The molecule has 22 heavy (non-hydrogen) atoms. The Bertz CT molecular complexity index is 669. The Morgan fingerprint density at radius 3 is 2.50 bits per heavy atom. The number of benzene rings is 2. The Balaban J connectivity index is 2.21. The lowest BCUT2D eigenvalue weighted by Gasteiger charge is -2.08. The molecule has 0 amide bonds. The molecule has 0 bridgehead atoms. The van der Waals surface area contributed by atoms with Gasteiger partial charge in [-0.15, -0.1) is 0 Å². The van der Waals surface area contributed by atoms with Gasteiger partial charge in [-0.2, -0.15) is 0 Å². The molecule has 0 radical (unpaired) electrons. The lowest BCUT2D eigenvalue weighted by Crippen LogP contribution is -2.12. The molecule has 0 unspecified atom stereocenters. The van der Waals surface area contributed by atoms with Crippen molar-refractivity contribution in [2.75, 3.05) is 0 Å². The summed E-state index contributed by atoms with van der Waals surface area (Å²) in [5, 5.41) is 11.1. The SMILES string of the molecule is CCCc1c(C(=O)OOc2ccccc2)cccc1[N+](=O)[O-]. The van der Waals surface area contributed by atoms with E-state index in [1.165, 1.54) is 18.2 Å². The number of hydrogen-bond acceptors (Lipinski definition) is 5. The maximum atomic E-state index is 12.1. The number of para-hydroxylation sites is 1. The van der Waals surface area contributed by atoms with Crippen molar-refractivity contribution in [2.45, 2.75) is 19.8 Å². The maximum absolute atomic E-state index is 12.1. The number of hydrogen-bond donors (Lipinski definition) is 0. The molecule has 2 aromatic carbocycles. The topological polar surface area (TPSA) is 78.7 Å². The third-order valence-electron chi connectivity index (χ3n) is 3.02. The molecule has 0 N–H and O–H groups in total. The summed E-state index contributed by atoms with van der Waals surface area (Å²) >= 11 is 0. The van der Waals surface area contributed by atoms with Crippen LogP contribution in [0.3, 0.4) is 0 Å². The molecule has 2 rings (SSSR count). The summed E-state index contributed by atoms with van der Waals surface area (Å²) in [4.78, 5) is 32.4. The highest BCUT2D eigenvalue weighted by molar-refractivity contribution is 5.92. The Morgan fingerprint density at radius 1 is 1.14 bits per heavy atom. The van der Waals surface area contributed by atoms with E-state index in [0.29, 0.717) is 24.2 Å². The molecule has 0 aromatic heterocycles. The summed E-state index contributed by atoms with van der Waals surface area (Å²) in [6.07, 6.45) is 1.08. The zero-order chi connectivity index (χ0) is 15.9. The molecule has 0 fully saturated rings. The van der Waals surface area contributed by atoms with Gasteiger partial charge in [-0.25, -0.2) is 9.68 Å². The van der Waals surface area contributed by atoms with Crippen LogP contribution in [0.5, 0.6) is 5.75 Å². The fourth-order valence-corrected chi connectivity index (χ4v) is 2.06. The molecule has 6 nitrogen and oxygen atoms in total. The van der Waals surface area contributed by atoms with E-state index in [0.717, 1.165) is 0 Å². The van der Waals surface area contributed by atoms with Gasteiger partial charge in [0.05, 0.1) is 10.5 Å². The molecule has 0 aliphatic heterocycles. The van der Waals surface area contributed by atoms with Crippen molar-refractivity contribution in [3.8, 4) is 5.75 Å². The molecule has 0 saturated heterocycles. The van der Waals surface area contributed by atoms with Crippen LogP contribution >= 0.6 is 0 Å². The van der Waals surface area contributed by atoms with Crippen LogP contribution in [0.1, 0.15) is 29.3 Å². The van der Waals surface area contributed by atoms with Gasteiger partial charge in [0.15, 0.2) is 5.75 Å². The highest BCUT2D eigenvalue weighted by Crippen LogP contribution is 2.25. The summed E-state index contributed by atoms with van der Waals surface area (Å²) in [6.45, 7) is 1.88. The van der Waals surface area contributed by atoms with Crippen molar-refractivity contribution in [1.82, 2.24) is 0 Å². The van der Waals surface area contributed by atoms with Crippen molar-refractivity contribution in [3.05, 3.63) is 69.8 Å². The molecule has 0 aliphatic rings. The summed E-state index contributed by atoms with van der Waals surface area (Å²) in [6, 6.07) is 12.9. The molecule has 114 valence electrons. The third kappa shape index (κ3) is 3.60. The van der Waals surface area contributed by atoms with Gasteiger partial charge < -0.3 is 0 Å². The van der Waals surface area contributed by atoms with Crippen LogP contribution in [0, 0.1) is 10.1 Å². The van der Waals surface area contributed by atoms with Gasteiger partial charge in [-0.05, 0) is 24.6 Å². The van der Waals surface area contributed by atoms with Gasteiger partial charge in [0.25, 0.3) is 5.69 Å². The number of carbonyl (C=O) groups is 1. The number of nitro benzene ring substituents is 1. The first-order chi connectivity index (χ1) is 10.6. The standard InChI is InChI=1S/C16H15NO5/c1-2-7-13-14(10-6-11-15(13)17(19)20)16(18)22-21-12-8-4-3-5-9-12/h3-6,8-11H,2,7H2,1H3. The first kappa shape index (κ1) is 15.5. The van der Waals surface area contributed by atoms with Crippen molar-refractivity contribution >= 4 is 11.7 Å². The second-order valence-corrected chi connectivity index (χ2v) is 4.58. The zero-order valence-electron chi connectivity index (χ0n) is 12.0. The van der Waals surface area contributed by atoms with Crippen molar-refractivity contribution < 1.29 is 19.5 Å². The monoisotopic (exact) mass is 301 g/mol. The van der Waals surface area contributed by atoms with E-state index in [1.807, 2.05) is 6.92 Å². The van der Waals surface area contributed by atoms with Crippen LogP contribution in [-0.4, -0.2) is 10.9 Å². The van der Waals surface area contributed by atoms with Gasteiger partial charge in [0.1, 0.15) is 0 Å². The number of nitrogens with zero attached hydrogens (tertiary/aromatic N) is 1. The summed E-state index contributed by atoms with van der Waals surface area (Å²) in [5.74, 6) is -0.380. The molecule has 0 heterocycles. The fourth-order valence-electron chi connectivity index (χ4n) is 2.06. The first-order valence-corrected chi connectivity index (χ1v) is 6.83. The van der Waals surface area contributed by atoms with E-state index in [2.05, 4.69) is 0 Å².